The minimum Gasteiger partial charge on any atom is -0.466 e. The van der Waals surface area contributed by atoms with Gasteiger partial charge in [0.1, 0.15) is 0 Å². The number of carbonyl (C=O) groups is 2. The fourth-order valence-electron chi connectivity index (χ4n) is 2.18. The number of esters is 1. The van der Waals surface area contributed by atoms with Crippen molar-refractivity contribution in [2.75, 3.05) is 11.9 Å². The van der Waals surface area contributed by atoms with Crippen LogP contribution in [0.4, 0.5) is 5.69 Å². The van der Waals surface area contributed by atoms with Crippen molar-refractivity contribution in [3.8, 4) is 0 Å². The molecule has 1 N–H and O–H groups in total. The highest BCUT2D eigenvalue weighted by Crippen LogP contribution is 2.28. The predicted molar refractivity (Wildman–Crippen MR) is 107 cm³/mol. The molecule has 0 aliphatic heterocycles. The van der Waals surface area contributed by atoms with E-state index in [1.807, 2.05) is 36.6 Å². The lowest BCUT2D eigenvalue weighted by atomic mass is 10.0. The first-order valence-corrected chi connectivity index (χ1v) is 10.3. The second-order valence-electron chi connectivity index (χ2n) is 6.11. The third-order valence-corrected chi connectivity index (χ3v) is 5.77. The molecular weight excluding hydrogens is 368 g/mol. The van der Waals surface area contributed by atoms with Crippen LogP contribution in [0.5, 0.6) is 0 Å². The lowest BCUT2D eigenvalue weighted by Gasteiger charge is -2.11. The van der Waals surface area contributed by atoms with E-state index in [0.29, 0.717) is 18.2 Å². The van der Waals surface area contributed by atoms with Crippen LogP contribution in [0.2, 0.25) is 0 Å². The summed E-state index contributed by atoms with van der Waals surface area (Å²) in [6, 6.07) is 7.90. The van der Waals surface area contributed by atoms with Crippen molar-refractivity contribution in [3.63, 3.8) is 0 Å². The summed E-state index contributed by atoms with van der Waals surface area (Å²) < 4.78 is 5.68. The molecule has 0 saturated carbocycles. The Labute approximate surface area is 162 Å². The Hall–Kier alpha value is -1.86. The standard InChI is InChI=1S/C19H24N2O3S2/c1-5-24-17(22)10-16-11-25-19(21-16)26-13(4)18(23)20-15-8-6-14(7-9-15)12(2)3/h6-9,11-13H,5,10H2,1-4H3,(H,20,23). The van der Waals surface area contributed by atoms with Crippen LogP contribution < -0.4 is 5.32 Å². The summed E-state index contributed by atoms with van der Waals surface area (Å²) in [4.78, 5) is 28.3. The average molecular weight is 393 g/mol. The van der Waals surface area contributed by atoms with Gasteiger partial charge in [0.2, 0.25) is 5.91 Å². The van der Waals surface area contributed by atoms with Crippen LogP contribution in [-0.4, -0.2) is 28.7 Å². The molecule has 1 aromatic heterocycles. The topological polar surface area (TPSA) is 68.3 Å². The molecule has 1 unspecified atom stereocenters. The van der Waals surface area contributed by atoms with Gasteiger partial charge in [-0.1, -0.05) is 37.7 Å². The molecule has 26 heavy (non-hydrogen) atoms. The number of rotatable bonds is 8. The minimum atomic E-state index is -0.290. The number of hydrogen-bond acceptors (Lipinski definition) is 6. The van der Waals surface area contributed by atoms with Gasteiger partial charge in [0.05, 0.1) is 24.0 Å². The van der Waals surface area contributed by atoms with Gasteiger partial charge >= 0.3 is 5.97 Å². The molecule has 0 spiro atoms. The summed E-state index contributed by atoms with van der Waals surface area (Å²) in [6.45, 7) is 8.25. The lowest BCUT2D eigenvalue weighted by molar-refractivity contribution is -0.142. The van der Waals surface area contributed by atoms with Crippen LogP contribution in [0.25, 0.3) is 0 Å². The van der Waals surface area contributed by atoms with Crippen molar-refractivity contribution >= 4 is 40.7 Å². The van der Waals surface area contributed by atoms with Crippen molar-refractivity contribution in [2.45, 2.75) is 49.6 Å². The molecule has 0 saturated heterocycles. The quantitative estimate of drug-likeness (QED) is 0.529. The van der Waals surface area contributed by atoms with E-state index in [0.717, 1.165) is 10.0 Å². The van der Waals surface area contributed by atoms with E-state index >= 15 is 0 Å². The van der Waals surface area contributed by atoms with Crippen molar-refractivity contribution in [1.29, 1.82) is 0 Å². The highest BCUT2D eigenvalue weighted by molar-refractivity contribution is 8.02. The van der Waals surface area contributed by atoms with Gasteiger partial charge in [0, 0.05) is 11.1 Å². The molecule has 5 nitrogen and oxygen atoms in total. The molecule has 0 radical (unpaired) electrons. The van der Waals surface area contributed by atoms with Crippen molar-refractivity contribution < 1.29 is 14.3 Å². The molecular formula is C19H24N2O3S2. The molecule has 140 valence electrons. The molecule has 0 aliphatic carbocycles. The number of benzene rings is 1. The van der Waals surface area contributed by atoms with Gasteiger partial charge in [-0.05, 0) is 37.5 Å². The first kappa shape index (κ1) is 20.5. The van der Waals surface area contributed by atoms with Crippen LogP contribution in [0.15, 0.2) is 34.0 Å². The molecule has 1 heterocycles. The van der Waals surface area contributed by atoms with Crippen LogP contribution in [0, 0.1) is 0 Å². The fraction of sp³-hybridized carbons (Fsp3) is 0.421. The van der Waals surface area contributed by atoms with Crippen LogP contribution in [-0.2, 0) is 20.7 Å². The lowest BCUT2D eigenvalue weighted by Crippen LogP contribution is -2.22. The number of nitrogens with one attached hydrogen (secondary N) is 1. The Morgan fingerprint density at radius 2 is 1.92 bits per heavy atom. The van der Waals surface area contributed by atoms with E-state index < -0.39 is 0 Å². The van der Waals surface area contributed by atoms with E-state index in [2.05, 4.69) is 24.1 Å². The smallest absolute Gasteiger partial charge is 0.311 e. The predicted octanol–water partition coefficient (Wildman–Crippen LogP) is 4.49. The van der Waals surface area contributed by atoms with Crippen LogP contribution >= 0.6 is 23.1 Å². The summed E-state index contributed by atoms with van der Waals surface area (Å²) in [5.41, 5.74) is 2.70. The average Bonchev–Trinajstić information content (AvgIpc) is 3.02. The summed E-state index contributed by atoms with van der Waals surface area (Å²) in [5, 5.41) is 4.46. The Morgan fingerprint density at radius 3 is 2.54 bits per heavy atom. The third kappa shape index (κ3) is 6.14. The van der Waals surface area contributed by atoms with E-state index in [-0.39, 0.29) is 23.5 Å². The second-order valence-corrected chi connectivity index (χ2v) is 8.56. The summed E-state index contributed by atoms with van der Waals surface area (Å²) >= 11 is 2.81. The number of amides is 1. The first-order valence-electron chi connectivity index (χ1n) is 8.56. The normalized spacial score (nSPS) is 12.0. The zero-order valence-corrected chi connectivity index (χ0v) is 17.1. The Morgan fingerprint density at radius 1 is 1.23 bits per heavy atom. The number of carbonyl (C=O) groups excluding carboxylic acids is 2. The summed E-state index contributed by atoms with van der Waals surface area (Å²) in [5.74, 6) is 0.0994. The molecule has 2 aromatic rings. The maximum atomic E-state index is 12.4. The van der Waals surface area contributed by atoms with E-state index in [4.69, 9.17) is 4.74 Å². The Kier molecular flexibility index (Phi) is 7.66. The molecule has 7 heteroatoms. The third-order valence-electron chi connectivity index (χ3n) is 3.65. The van der Waals surface area contributed by atoms with Crippen LogP contribution in [0.1, 0.15) is 44.9 Å². The van der Waals surface area contributed by atoms with Gasteiger partial charge in [-0.25, -0.2) is 4.98 Å². The monoisotopic (exact) mass is 392 g/mol. The molecule has 2 rings (SSSR count). The van der Waals surface area contributed by atoms with Crippen LogP contribution in [0.3, 0.4) is 0 Å². The van der Waals surface area contributed by atoms with Gasteiger partial charge in [-0.2, -0.15) is 0 Å². The van der Waals surface area contributed by atoms with Crippen molar-refractivity contribution in [2.24, 2.45) is 0 Å². The Bertz CT molecular complexity index is 741. The first-order chi connectivity index (χ1) is 12.4. The molecule has 1 atom stereocenters. The number of ether oxygens (including phenoxy) is 1. The van der Waals surface area contributed by atoms with Gasteiger partial charge < -0.3 is 10.1 Å². The Balaban J connectivity index is 1.88. The van der Waals surface area contributed by atoms with Gasteiger partial charge in [-0.15, -0.1) is 11.3 Å². The van der Waals surface area contributed by atoms with Crippen molar-refractivity contribution in [3.05, 3.63) is 40.9 Å². The summed E-state index contributed by atoms with van der Waals surface area (Å²) in [6.07, 6.45) is 0.160. The molecule has 1 amide bonds. The SMILES string of the molecule is CCOC(=O)Cc1csc(SC(C)C(=O)Nc2ccc(C(C)C)cc2)n1. The van der Waals surface area contributed by atoms with E-state index in [1.54, 1.807) is 6.92 Å². The number of hydrogen-bond donors (Lipinski definition) is 1. The van der Waals surface area contributed by atoms with Gasteiger partial charge in [0.15, 0.2) is 4.34 Å². The van der Waals surface area contributed by atoms with E-state index in [1.165, 1.54) is 28.7 Å². The number of anilines is 1. The highest BCUT2D eigenvalue weighted by atomic mass is 32.2. The number of thiazole rings is 1. The fourth-order valence-corrected chi connectivity index (χ4v) is 4.16. The van der Waals surface area contributed by atoms with Gasteiger partial charge in [-0.3, -0.25) is 9.59 Å². The van der Waals surface area contributed by atoms with Crippen molar-refractivity contribution in [1.82, 2.24) is 4.98 Å². The zero-order chi connectivity index (χ0) is 19.1. The molecule has 0 fully saturated rings. The number of nitrogens with zero attached hydrogens (tertiary/aromatic N) is 1. The molecule has 1 aromatic carbocycles. The minimum absolute atomic E-state index is 0.0746. The molecule has 0 bridgehead atoms. The number of aromatic nitrogens is 1. The zero-order valence-electron chi connectivity index (χ0n) is 15.4. The largest absolute Gasteiger partial charge is 0.466 e. The highest BCUT2D eigenvalue weighted by Gasteiger charge is 2.17. The van der Waals surface area contributed by atoms with Gasteiger partial charge in [0.25, 0.3) is 0 Å². The van der Waals surface area contributed by atoms with E-state index in [9.17, 15) is 9.59 Å². The molecule has 0 aliphatic rings. The summed E-state index contributed by atoms with van der Waals surface area (Å²) in [7, 11) is 0. The maximum Gasteiger partial charge on any atom is 0.311 e. The number of thioether (sulfide) groups is 1. The maximum absolute atomic E-state index is 12.4. The second kappa shape index (κ2) is 9.73.